The van der Waals surface area contributed by atoms with Crippen LogP contribution in [0.3, 0.4) is 0 Å². The standard InChI is InChI=1S/C13H12FNO3S2/c1-8-11(12(16)17)20-13(15-8)19-7-6-18-10-4-2-9(14)3-5-10/h2-5H,6-7H2,1H3,(H,16,17). The molecule has 0 aliphatic rings. The first-order valence-electron chi connectivity index (χ1n) is 5.78. The van der Waals surface area contributed by atoms with E-state index in [-0.39, 0.29) is 10.7 Å². The second-order valence-corrected chi connectivity index (χ2v) is 6.19. The van der Waals surface area contributed by atoms with E-state index in [1.165, 1.54) is 23.9 Å². The number of hydrogen-bond acceptors (Lipinski definition) is 5. The predicted molar refractivity (Wildman–Crippen MR) is 76.4 cm³/mol. The summed E-state index contributed by atoms with van der Waals surface area (Å²) in [5.74, 6) is -0.00206. The first kappa shape index (κ1) is 14.8. The molecule has 0 spiro atoms. The molecule has 0 atom stereocenters. The highest BCUT2D eigenvalue weighted by molar-refractivity contribution is 8.01. The number of carboxylic acid groups (broad SMARTS) is 1. The average Bonchev–Trinajstić information content (AvgIpc) is 2.78. The lowest BCUT2D eigenvalue weighted by atomic mass is 10.3. The number of rotatable bonds is 6. The molecule has 106 valence electrons. The first-order chi connectivity index (χ1) is 9.56. The highest BCUT2D eigenvalue weighted by Crippen LogP contribution is 2.27. The number of ether oxygens (including phenoxy) is 1. The SMILES string of the molecule is Cc1nc(SCCOc2ccc(F)cc2)sc1C(=O)O. The lowest BCUT2D eigenvalue weighted by molar-refractivity contribution is 0.0701. The number of aromatic carboxylic acids is 1. The molecule has 0 radical (unpaired) electrons. The van der Waals surface area contributed by atoms with Gasteiger partial charge in [-0.25, -0.2) is 14.2 Å². The Hall–Kier alpha value is -1.60. The summed E-state index contributed by atoms with van der Waals surface area (Å²) in [6.07, 6.45) is 0. The number of carboxylic acids is 1. The van der Waals surface area contributed by atoms with E-state index in [2.05, 4.69) is 4.98 Å². The molecule has 4 nitrogen and oxygen atoms in total. The van der Waals surface area contributed by atoms with E-state index >= 15 is 0 Å². The van der Waals surface area contributed by atoms with Crippen molar-refractivity contribution < 1.29 is 19.0 Å². The molecule has 0 amide bonds. The van der Waals surface area contributed by atoms with Crippen molar-refractivity contribution in [1.82, 2.24) is 4.98 Å². The molecule has 0 fully saturated rings. The van der Waals surface area contributed by atoms with Crippen LogP contribution in [0.15, 0.2) is 28.6 Å². The van der Waals surface area contributed by atoms with Crippen molar-refractivity contribution in [2.45, 2.75) is 11.3 Å². The molecule has 7 heteroatoms. The van der Waals surface area contributed by atoms with Crippen molar-refractivity contribution >= 4 is 29.1 Å². The zero-order valence-electron chi connectivity index (χ0n) is 10.6. The van der Waals surface area contributed by atoms with Crippen LogP contribution >= 0.6 is 23.1 Å². The van der Waals surface area contributed by atoms with Gasteiger partial charge < -0.3 is 9.84 Å². The van der Waals surface area contributed by atoms with E-state index in [0.29, 0.717) is 28.1 Å². The monoisotopic (exact) mass is 313 g/mol. The van der Waals surface area contributed by atoms with Crippen molar-refractivity contribution in [3.8, 4) is 5.75 Å². The lowest BCUT2D eigenvalue weighted by Crippen LogP contribution is -1.99. The number of thioether (sulfide) groups is 1. The third-order valence-electron chi connectivity index (χ3n) is 2.36. The van der Waals surface area contributed by atoms with E-state index in [0.717, 1.165) is 11.3 Å². The summed E-state index contributed by atoms with van der Waals surface area (Å²) in [4.78, 5) is 15.3. The van der Waals surface area contributed by atoms with E-state index in [4.69, 9.17) is 9.84 Å². The maximum Gasteiger partial charge on any atom is 0.347 e. The number of aryl methyl sites for hydroxylation is 1. The Morgan fingerprint density at radius 1 is 1.45 bits per heavy atom. The molecule has 0 aliphatic carbocycles. The Morgan fingerprint density at radius 3 is 2.75 bits per heavy atom. The Kier molecular flexibility index (Phi) is 4.97. The molecule has 2 rings (SSSR count). The van der Waals surface area contributed by atoms with Gasteiger partial charge >= 0.3 is 5.97 Å². The van der Waals surface area contributed by atoms with Crippen molar-refractivity contribution in [3.63, 3.8) is 0 Å². The molecule has 0 unspecified atom stereocenters. The minimum Gasteiger partial charge on any atom is -0.493 e. The summed E-state index contributed by atoms with van der Waals surface area (Å²) in [7, 11) is 0. The van der Waals surface area contributed by atoms with Crippen LogP contribution in [0.4, 0.5) is 4.39 Å². The molecule has 0 aliphatic heterocycles. The molecule has 0 bridgehead atoms. The van der Waals surface area contributed by atoms with Gasteiger partial charge in [0.15, 0.2) is 4.34 Å². The quantitative estimate of drug-likeness (QED) is 0.654. The summed E-state index contributed by atoms with van der Waals surface area (Å²) < 4.78 is 18.8. The number of nitrogens with zero attached hydrogens (tertiary/aromatic N) is 1. The Balaban J connectivity index is 1.80. The topological polar surface area (TPSA) is 59.4 Å². The van der Waals surface area contributed by atoms with Gasteiger partial charge in [-0.15, -0.1) is 11.3 Å². The van der Waals surface area contributed by atoms with Gasteiger partial charge in [0.05, 0.1) is 12.3 Å². The smallest absolute Gasteiger partial charge is 0.347 e. The molecule has 1 N–H and O–H groups in total. The maximum atomic E-state index is 12.7. The molecule has 1 heterocycles. The number of thiazole rings is 1. The number of halogens is 1. The van der Waals surface area contributed by atoms with E-state index in [9.17, 15) is 9.18 Å². The van der Waals surface area contributed by atoms with Crippen molar-refractivity contribution in [1.29, 1.82) is 0 Å². The summed E-state index contributed by atoms with van der Waals surface area (Å²) in [5.41, 5.74) is 0.532. The Morgan fingerprint density at radius 2 is 2.15 bits per heavy atom. The van der Waals surface area contributed by atoms with Gasteiger partial charge in [-0.3, -0.25) is 0 Å². The van der Waals surface area contributed by atoms with E-state index in [1.807, 2.05) is 0 Å². The van der Waals surface area contributed by atoms with E-state index < -0.39 is 5.97 Å². The molecule has 0 saturated heterocycles. The number of benzene rings is 1. The van der Waals surface area contributed by atoms with Crippen molar-refractivity contribution in [2.24, 2.45) is 0 Å². The molecule has 0 saturated carbocycles. The Bertz CT molecular complexity index is 598. The zero-order valence-corrected chi connectivity index (χ0v) is 12.3. The normalized spacial score (nSPS) is 10.5. The fourth-order valence-corrected chi connectivity index (χ4v) is 3.37. The Labute approximate surface area is 123 Å². The van der Waals surface area contributed by atoms with Crippen molar-refractivity contribution in [2.75, 3.05) is 12.4 Å². The predicted octanol–water partition coefficient (Wildman–Crippen LogP) is 3.46. The minimum atomic E-state index is -0.950. The van der Waals surface area contributed by atoms with Crippen LogP contribution in [0.1, 0.15) is 15.4 Å². The van der Waals surface area contributed by atoms with Gasteiger partial charge in [-0.1, -0.05) is 11.8 Å². The minimum absolute atomic E-state index is 0.270. The first-order valence-corrected chi connectivity index (χ1v) is 7.58. The number of hydrogen-bond donors (Lipinski definition) is 1. The van der Waals surface area contributed by atoms with Crippen LogP contribution in [0.5, 0.6) is 5.75 Å². The van der Waals surface area contributed by atoms with Crippen molar-refractivity contribution in [3.05, 3.63) is 40.7 Å². The summed E-state index contributed by atoms with van der Waals surface area (Å²) in [5, 5.41) is 8.93. The van der Waals surface area contributed by atoms with Gasteiger partial charge in [-0.2, -0.15) is 0 Å². The van der Waals surface area contributed by atoms with Crippen LogP contribution in [0, 0.1) is 12.7 Å². The summed E-state index contributed by atoms with van der Waals surface area (Å²) in [6.45, 7) is 2.12. The fraction of sp³-hybridized carbons (Fsp3) is 0.231. The second-order valence-electron chi connectivity index (χ2n) is 3.85. The van der Waals surface area contributed by atoms with Gasteiger partial charge in [0.25, 0.3) is 0 Å². The number of carbonyl (C=O) groups is 1. The van der Waals surface area contributed by atoms with Crippen LogP contribution in [0.2, 0.25) is 0 Å². The zero-order chi connectivity index (χ0) is 14.5. The second kappa shape index (κ2) is 6.71. The van der Waals surface area contributed by atoms with Gasteiger partial charge in [0.2, 0.25) is 0 Å². The molecule has 2 aromatic rings. The third kappa shape index (κ3) is 3.94. The largest absolute Gasteiger partial charge is 0.493 e. The average molecular weight is 313 g/mol. The van der Waals surface area contributed by atoms with Crippen LogP contribution < -0.4 is 4.74 Å². The third-order valence-corrected chi connectivity index (χ3v) is 4.62. The van der Waals surface area contributed by atoms with Gasteiger partial charge in [0.1, 0.15) is 16.4 Å². The fourth-order valence-electron chi connectivity index (χ4n) is 1.45. The van der Waals surface area contributed by atoms with Crippen LogP contribution in [-0.2, 0) is 0 Å². The summed E-state index contributed by atoms with van der Waals surface area (Å²) in [6, 6.07) is 5.81. The van der Waals surface area contributed by atoms with Crippen LogP contribution in [0.25, 0.3) is 0 Å². The van der Waals surface area contributed by atoms with Crippen LogP contribution in [-0.4, -0.2) is 28.4 Å². The maximum absolute atomic E-state index is 12.7. The van der Waals surface area contributed by atoms with Gasteiger partial charge in [0, 0.05) is 5.75 Å². The highest BCUT2D eigenvalue weighted by Gasteiger charge is 2.13. The molecular formula is C13H12FNO3S2. The molecule has 1 aromatic carbocycles. The number of aromatic nitrogens is 1. The van der Waals surface area contributed by atoms with E-state index in [1.54, 1.807) is 19.1 Å². The van der Waals surface area contributed by atoms with Gasteiger partial charge in [-0.05, 0) is 31.2 Å². The molecule has 1 aromatic heterocycles. The molecule has 20 heavy (non-hydrogen) atoms. The lowest BCUT2D eigenvalue weighted by Gasteiger charge is -2.04. The molecular weight excluding hydrogens is 301 g/mol. The highest BCUT2D eigenvalue weighted by atomic mass is 32.2. The summed E-state index contributed by atoms with van der Waals surface area (Å²) >= 11 is 2.60.